The number of aromatic carboxylic acids is 1. The number of carbonyl (C=O) groups is 2. The van der Waals surface area contributed by atoms with Gasteiger partial charge in [0, 0.05) is 13.6 Å². The summed E-state index contributed by atoms with van der Waals surface area (Å²) in [6.07, 6.45) is 0.613. The predicted octanol–water partition coefficient (Wildman–Crippen LogP) is 1.34. The highest BCUT2D eigenvalue weighted by atomic mass is 16.4. The van der Waals surface area contributed by atoms with Gasteiger partial charge in [-0.3, -0.25) is 0 Å². The molecule has 0 bridgehead atoms. The lowest BCUT2D eigenvalue weighted by Crippen LogP contribution is -2.45. The molecule has 0 aliphatic rings. The van der Waals surface area contributed by atoms with Gasteiger partial charge in [0.25, 0.3) is 0 Å². The van der Waals surface area contributed by atoms with E-state index in [4.69, 9.17) is 5.11 Å². The molecule has 0 spiro atoms. The second kappa shape index (κ2) is 7.08. The van der Waals surface area contributed by atoms with E-state index in [-0.39, 0.29) is 18.1 Å². The van der Waals surface area contributed by atoms with Gasteiger partial charge in [-0.2, -0.15) is 0 Å². The summed E-state index contributed by atoms with van der Waals surface area (Å²) in [5.74, 6) is -0.955. The van der Waals surface area contributed by atoms with E-state index < -0.39 is 11.6 Å². The van der Waals surface area contributed by atoms with E-state index in [9.17, 15) is 14.7 Å². The Labute approximate surface area is 124 Å². The largest absolute Gasteiger partial charge is 0.478 e. The summed E-state index contributed by atoms with van der Waals surface area (Å²) >= 11 is 0. The molecule has 6 heteroatoms. The van der Waals surface area contributed by atoms with Gasteiger partial charge in [0.1, 0.15) is 0 Å². The Morgan fingerprint density at radius 3 is 2.29 bits per heavy atom. The summed E-state index contributed by atoms with van der Waals surface area (Å²) in [5, 5.41) is 21.2. The third-order valence-electron chi connectivity index (χ3n) is 2.86. The number of amides is 2. The first-order valence-electron chi connectivity index (χ1n) is 6.72. The molecule has 6 nitrogen and oxygen atoms in total. The molecule has 0 atom stereocenters. The monoisotopic (exact) mass is 294 g/mol. The Hall–Kier alpha value is -2.08. The Morgan fingerprint density at radius 1 is 1.24 bits per heavy atom. The van der Waals surface area contributed by atoms with Crippen molar-refractivity contribution in [2.75, 3.05) is 20.1 Å². The van der Waals surface area contributed by atoms with E-state index in [1.54, 1.807) is 45.2 Å². The van der Waals surface area contributed by atoms with Gasteiger partial charge in [0.05, 0.1) is 17.7 Å². The molecule has 0 unspecified atom stereocenters. The Bertz CT molecular complexity index is 491. The molecular weight excluding hydrogens is 272 g/mol. The van der Waals surface area contributed by atoms with Crippen LogP contribution in [0.25, 0.3) is 0 Å². The number of carboxylic acids is 1. The number of rotatable bonds is 6. The quantitative estimate of drug-likeness (QED) is 0.738. The summed E-state index contributed by atoms with van der Waals surface area (Å²) in [6, 6.07) is 6.30. The average Bonchev–Trinajstić information content (AvgIpc) is 2.37. The predicted molar refractivity (Wildman–Crippen MR) is 79.4 cm³/mol. The fourth-order valence-electron chi connectivity index (χ4n) is 1.91. The molecular formula is C15H22N2O4. The first-order valence-corrected chi connectivity index (χ1v) is 6.72. The van der Waals surface area contributed by atoms with Gasteiger partial charge in [-0.25, -0.2) is 9.59 Å². The van der Waals surface area contributed by atoms with Gasteiger partial charge in [-0.1, -0.05) is 12.1 Å². The minimum Gasteiger partial charge on any atom is -0.478 e. The number of carbonyl (C=O) groups excluding carboxylic acids is 1. The average molecular weight is 294 g/mol. The molecule has 0 aliphatic carbocycles. The lowest BCUT2D eigenvalue weighted by atomic mass is 10.1. The van der Waals surface area contributed by atoms with Crippen molar-refractivity contribution in [2.24, 2.45) is 0 Å². The molecule has 0 radical (unpaired) electrons. The Balaban J connectivity index is 2.39. The second-order valence-corrected chi connectivity index (χ2v) is 5.65. The first kappa shape index (κ1) is 17.0. The molecule has 1 aromatic carbocycles. The van der Waals surface area contributed by atoms with E-state index in [0.717, 1.165) is 5.56 Å². The van der Waals surface area contributed by atoms with Crippen LogP contribution in [0.5, 0.6) is 0 Å². The Morgan fingerprint density at radius 2 is 1.81 bits per heavy atom. The first-order chi connectivity index (χ1) is 9.69. The van der Waals surface area contributed by atoms with Crippen LogP contribution in [0, 0.1) is 0 Å². The highest BCUT2D eigenvalue weighted by molar-refractivity contribution is 5.87. The molecule has 1 rings (SSSR count). The summed E-state index contributed by atoms with van der Waals surface area (Å²) in [5.41, 5.74) is 0.261. The third kappa shape index (κ3) is 6.27. The number of benzene rings is 1. The molecule has 2 amide bonds. The second-order valence-electron chi connectivity index (χ2n) is 5.65. The molecule has 0 saturated carbocycles. The van der Waals surface area contributed by atoms with Crippen LogP contribution in [0.3, 0.4) is 0 Å². The lowest BCUT2D eigenvalue weighted by Gasteiger charge is -2.25. The number of aliphatic hydroxyl groups is 1. The number of nitrogens with one attached hydrogen (secondary N) is 1. The normalized spacial score (nSPS) is 11.0. The van der Waals surface area contributed by atoms with Crippen LogP contribution in [-0.2, 0) is 6.42 Å². The minimum absolute atomic E-state index is 0.242. The molecule has 0 saturated heterocycles. The van der Waals surface area contributed by atoms with Crippen LogP contribution >= 0.6 is 0 Å². The summed E-state index contributed by atoms with van der Waals surface area (Å²) in [7, 11) is 1.62. The maximum atomic E-state index is 11.8. The van der Waals surface area contributed by atoms with Crippen molar-refractivity contribution in [3.8, 4) is 0 Å². The maximum absolute atomic E-state index is 11.8. The lowest BCUT2D eigenvalue weighted by molar-refractivity contribution is 0.0532. The molecule has 116 valence electrons. The van der Waals surface area contributed by atoms with Gasteiger partial charge in [-0.05, 0) is 38.0 Å². The van der Waals surface area contributed by atoms with Crippen molar-refractivity contribution in [3.63, 3.8) is 0 Å². The van der Waals surface area contributed by atoms with Gasteiger partial charge < -0.3 is 20.4 Å². The number of carboxylic acid groups (broad SMARTS) is 1. The summed E-state index contributed by atoms with van der Waals surface area (Å²) in [4.78, 5) is 23.9. The van der Waals surface area contributed by atoms with Crippen molar-refractivity contribution < 1.29 is 19.8 Å². The van der Waals surface area contributed by atoms with Gasteiger partial charge in [0.15, 0.2) is 0 Å². The van der Waals surface area contributed by atoms with Crippen molar-refractivity contribution in [3.05, 3.63) is 35.4 Å². The van der Waals surface area contributed by atoms with E-state index in [1.165, 1.54) is 4.90 Å². The highest BCUT2D eigenvalue weighted by Crippen LogP contribution is 2.05. The van der Waals surface area contributed by atoms with E-state index in [2.05, 4.69) is 5.32 Å². The van der Waals surface area contributed by atoms with Crippen molar-refractivity contribution in [1.82, 2.24) is 10.2 Å². The van der Waals surface area contributed by atoms with Gasteiger partial charge in [0.2, 0.25) is 0 Å². The SMILES string of the molecule is CN(CC(C)(C)O)C(=O)NCCc1ccc(C(=O)O)cc1. The number of urea groups is 1. The van der Waals surface area contributed by atoms with Gasteiger partial charge in [-0.15, -0.1) is 0 Å². The minimum atomic E-state index is -0.955. The standard InChI is InChI=1S/C15H22N2O4/c1-15(2,21)10-17(3)14(20)16-9-8-11-4-6-12(7-5-11)13(18)19/h4-7,21H,8-10H2,1-3H3,(H,16,20)(H,18,19). The van der Waals surface area contributed by atoms with Crippen molar-refractivity contribution in [1.29, 1.82) is 0 Å². The van der Waals surface area contributed by atoms with E-state index >= 15 is 0 Å². The molecule has 1 aromatic rings. The number of hydrogen-bond donors (Lipinski definition) is 3. The summed E-state index contributed by atoms with van der Waals surface area (Å²) in [6.45, 7) is 3.97. The van der Waals surface area contributed by atoms with E-state index in [0.29, 0.717) is 13.0 Å². The molecule has 0 aliphatic heterocycles. The fraction of sp³-hybridized carbons (Fsp3) is 0.467. The van der Waals surface area contributed by atoms with Crippen LogP contribution in [0.1, 0.15) is 29.8 Å². The zero-order valence-electron chi connectivity index (χ0n) is 12.6. The molecule has 0 heterocycles. The van der Waals surface area contributed by atoms with Crippen LogP contribution < -0.4 is 5.32 Å². The van der Waals surface area contributed by atoms with Crippen LogP contribution in [0.4, 0.5) is 4.79 Å². The maximum Gasteiger partial charge on any atom is 0.335 e. The van der Waals surface area contributed by atoms with Crippen molar-refractivity contribution in [2.45, 2.75) is 25.9 Å². The number of nitrogens with zero attached hydrogens (tertiary/aromatic N) is 1. The smallest absolute Gasteiger partial charge is 0.335 e. The highest BCUT2D eigenvalue weighted by Gasteiger charge is 2.18. The van der Waals surface area contributed by atoms with Gasteiger partial charge >= 0.3 is 12.0 Å². The van der Waals surface area contributed by atoms with Crippen LogP contribution in [0.15, 0.2) is 24.3 Å². The van der Waals surface area contributed by atoms with Crippen LogP contribution in [0.2, 0.25) is 0 Å². The zero-order valence-corrected chi connectivity index (χ0v) is 12.6. The topological polar surface area (TPSA) is 89.9 Å². The number of hydrogen-bond acceptors (Lipinski definition) is 3. The van der Waals surface area contributed by atoms with Crippen LogP contribution in [-0.4, -0.2) is 52.9 Å². The molecule has 0 aromatic heterocycles. The fourth-order valence-corrected chi connectivity index (χ4v) is 1.91. The molecule has 3 N–H and O–H groups in total. The zero-order chi connectivity index (χ0) is 16.0. The number of likely N-dealkylation sites (N-methyl/N-ethyl adjacent to an activating group) is 1. The van der Waals surface area contributed by atoms with Crippen molar-refractivity contribution >= 4 is 12.0 Å². The molecule has 21 heavy (non-hydrogen) atoms. The third-order valence-corrected chi connectivity index (χ3v) is 2.86. The summed E-state index contributed by atoms with van der Waals surface area (Å²) < 4.78 is 0. The molecule has 0 fully saturated rings. The Kier molecular flexibility index (Phi) is 5.72. The van der Waals surface area contributed by atoms with E-state index in [1.807, 2.05) is 0 Å².